The number of nitrogens with one attached hydrogen (secondary N) is 2. The Hall–Kier alpha value is -3.45. The number of aromatic nitrogens is 2. The molecule has 0 unspecified atom stereocenters. The molecule has 0 aliphatic rings. The maximum Gasteiger partial charge on any atom is 0.414 e. The van der Waals surface area contributed by atoms with Gasteiger partial charge in [0.15, 0.2) is 0 Å². The fraction of sp³-hybridized carbons (Fsp3) is 0.320. The molecule has 0 aliphatic heterocycles. The lowest BCUT2D eigenvalue weighted by Crippen LogP contribution is -2.42. The molecule has 32 heavy (non-hydrogen) atoms. The summed E-state index contributed by atoms with van der Waals surface area (Å²) in [7, 11) is 2.00. The molecule has 0 fully saturated rings. The highest BCUT2D eigenvalue weighted by molar-refractivity contribution is 5.71. The van der Waals surface area contributed by atoms with Gasteiger partial charge < -0.3 is 15.4 Å². The summed E-state index contributed by atoms with van der Waals surface area (Å²) in [6, 6.07) is 19.8. The van der Waals surface area contributed by atoms with E-state index in [0.29, 0.717) is 18.2 Å². The number of hydrogen-bond donors (Lipinski definition) is 2. The zero-order valence-corrected chi connectivity index (χ0v) is 19.3. The molecule has 0 bridgehead atoms. The van der Waals surface area contributed by atoms with Crippen molar-refractivity contribution in [3.63, 3.8) is 0 Å². The maximum atomic E-state index is 12.3. The van der Waals surface area contributed by atoms with Gasteiger partial charge in [-0.25, -0.2) is 9.78 Å². The van der Waals surface area contributed by atoms with Crippen LogP contribution in [0.15, 0.2) is 60.7 Å². The molecule has 2 aromatic carbocycles. The molecule has 0 radical (unpaired) electrons. The molecule has 0 spiro atoms. The summed E-state index contributed by atoms with van der Waals surface area (Å²) < 4.78 is 5.47. The molecule has 0 saturated carbocycles. The lowest BCUT2D eigenvalue weighted by atomic mass is 10.1. The minimum atomic E-state index is -0.555. The summed E-state index contributed by atoms with van der Waals surface area (Å²) in [4.78, 5) is 23.5. The molecule has 7 nitrogen and oxygen atoms in total. The van der Waals surface area contributed by atoms with E-state index in [1.165, 1.54) is 11.1 Å². The predicted octanol–water partition coefficient (Wildman–Crippen LogP) is 5.05. The molecular weight excluding hydrogens is 402 g/mol. The Morgan fingerprint density at radius 3 is 2.34 bits per heavy atom. The van der Waals surface area contributed by atoms with Crippen LogP contribution in [0, 0.1) is 6.92 Å². The van der Waals surface area contributed by atoms with Gasteiger partial charge in [0.25, 0.3) is 0 Å². The van der Waals surface area contributed by atoms with Crippen LogP contribution in [0.4, 0.5) is 16.3 Å². The van der Waals surface area contributed by atoms with Crippen molar-refractivity contribution in [3.05, 3.63) is 77.6 Å². The summed E-state index contributed by atoms with van der Waals surface area (Å²) in [5.41, 5.74) is 2.85. The Labute approximate surface area is 189 Å². The number of hydrogen-bond acceptors (Lipinski definition) is 6. The topological polar surface area (TPSA) is 79.4 Å². The molecule has 0 aliphatic carbocycles. The van der Waals surface area contributed by atoms with Gasteiger partial charge >= 0.3 is 6.09 Å². The van der Waals surface area contributed by atoms with E-state index in [9.17, 15) is 4.79 Å². The first-order valence-corrected chi connectivity index (χ1v) is 10.6. The average molecular weight is 434 g/mol. The van der Waals surface area contributed by atoms with Crippen molar-refractivity contribution >= 4 is 17.6 Å². The van der Waals surface area contributed by atoms with Crippen molar-refractivity contribution in [2.75, 3.05) is 12.4 Å². The zero-order valence-electron chi connectivity index (χ0n) is 19.3. The highest BCUT2D eigenvalue weighted by atomic mass is 16.6. The first kappa shape index (κ1) is 23.2. The van der Waals surface area contributed by atoms with Crippen molar-refractivity contribution in [1.29, 1.82) is 0 Å². The van der Waals surface area contributed by atoms with Crippen LogP contribution in [0.25, 0.3) is 0 Å². The van der Waals surface area contributed by atoms with Crippen molar-refractivity contribution in [2.24, 2.45) is 0 Å². The summed E-state index contributed by atoms with van der Waals surface area (Å²) >= 11 is 0. The monoisotopic (exact) mass is 433 g/mol. The van der Waals surface area contributed by atoms with Crippen LogP contribution in [0.5, 0.6) is 5.88 Å². The SMILES string of the molecule is Cc1ccc(Nc2cc(OC(=O)NC(C)(C)C)nc(CN(C)Cc3ccccc3)n2)cc1. The van der Waals surface area contributed by atoms with Crippen LogP contribution in [-0.4, -0.2) is 33.5 Å². The van der Waals surface area contributed by atoms with Gasteiger partial charge in [-0.2, -0.15) is 4.98 Å². The number of ether oxygens (including phenoxy) is 1. The minimum Gasteiger partial charge on any atom is -0.391 e. The van der Waals surface area contributed by atoms with Gasteiger partial charge in [-0.3, -0.25) is 4.90 Å². The third-order valence-electron chi connectivity index (χ3n) is 4.45. The van der Waals surface area contributed by atoms with Gasteiger partial charge in [0.05, 0.1) is 6.54 Å². The summed E-state index contributed by atoms with van der Waals surface area (Å²) in [5.74, 6) is 1.31. The van der Waals surface area contributed by atoms with Crippen LogP contribution in [0.1, 0.15) is 37.7 Å². The largest absolute Gasteiger partial charge is 0.414 e. The number of nitrogens with zero attached hydrogens (tertiary/aromatic N) is 3. The average Bonchev–Trinajstić information content (AvgIpc) is 2.68. The fourth-order valence-corrected chi connectivity index (χ4v) is 3.06. The van der Waals surface area contributed by atoms with E-state index in [0.717, 1.165) is 12.2 Å². The fourth-order valence-electron chi connectivity index (χ4n) is 3.06. The van der Waals surface area contributed by atoms with Gasteiger partial charge in [-0.05, 0) is 52.4 Å². The molecule has 1 heterocycles. The van der Waals surface area contributed by atoms with Crippen molar-refractivity contribution in [2.45, 2.75) is 46.3 Å². The Kier molecular flexibility index (Phi) is 7.43. The molecule has 2 N–H and O–H groups in total. The second-order valence-electron chi connectivity index (χ2n) is 8.92. The number of carbonyl (C=O) groups is 1. The number of amides is 1. The van der Waals surface area contributed by atoms with Crippen LogP contribution in [-0.2, 0) is 13.1 Å². The normalized spacial score (nSPS) is 11.3. The van der Waals surface area contributed by atoms with E-state index >= 15 is 0 Å². The van der Waals surface area contributed by atoms with Gasteiger partial charge in [0.1, 0.15) is 11.6 Å². The van der Waals surface area contributed by atoms with E-state index in [4.69, 9.17) is 4.74 Å². The van der Waals surface area contributed by atoms with Crippen LogP contribution < -0.4 is 15.4 Å². The van der Waals surface area contributed by atoms with E-state index in [1.54, 1.807) is 6.07 Å². The molecule has 1 amide bonds. The molecule has 1 aromatic heterocycles. The smallest absolute Gasteiger partial charge is 0.391 e. The molecule has 0 atom stereocenters. The highest BCUT2D eigenvalue weighted by Crippen LogP contribution is 2.20. The third kappa shape index (κ3) is 7.67. The lowest BCUT2D eigenvalue weighted by molar-refractivity contribution is 0.188. The maximum absolute atomic E-state index is 12.3. The summed E-state index contributed by atoms with van der Waals surface area (Å²) in [5, 5.41) is 6.06. The molecular formula is C25H31N5O2. The van der Waals surface area contributed by atoms with Gasteiger partial charge in [-0.15, -0.1) is 0 Å². The van der Waals surface area contributed by atoms with Crippen molar-refractivity contribution in [1.82, 2.24) is 20.2 Å². The van der Waals surface area contributed by atoms with Crippen LogP contribution >= 0.6 is 0 Å². The standard InChI is InChI=1S/C25H31N5O2/c1-18-11-13-20(14-12-18)26-21-15-23(32-24(31)29-25(2,3)4)28-22(27-21)17-30(5)16-19-9-7-6-8-10-19/h6-15H,16-17H2,1-5H3,(H,29,31)(H,26,27,28). The zero-order chi connectivity index (χ0) is 23.1. The molecule has 168 valence electrons. The third-order valence-corrected chi connectivity index (χ3v) is 4.45. The Morgan fingerprint density at radius 2 is 1.69 bits per heavy atom. The van der Waals surface area contributed by atoms with Crippen LogP contribution in [0.2, 0.25) is 0 Å². The van der Waals surface area contributed by atoms with Gasteiger partial charge in [0, 0.05) is 23.8 Å². The first-order chi connectivity index (χ1) is 15.2. The summed E-state index contributed by atoms with van der Waals surface area (Å²) in [6.45, 7) is 8.96. The van der Waals surface area contributed by atoms with Crippen LogP contribution in [0.3, 0.4) is 0 Å². The number of benzene rings is 2. The number of carbonyl (C=O) groups excluding carboxylic acids is 1. The highest BCUT2D eigenvalue weighted by Gasteiger charge is 2.17. The Balaban J connectivity index is 1.80. The van der Waals surface area contributed by atoms with E-state index in [-0.39, 0.29) is 5.88 Å². The predicted molar refractivity (Wildman–Crippen MR) is 127 cm³/mol. The molecule has 7 heteroatoms. The van der Waals surface area contributed by atoms with E-state index in [2.05, 4.69) is 37.6 Å². The van der Waals surface area contributed by atoms with Gasteiger partial charge in [0.2, 0.25) is 5.88 Å². The lowest BCUT2D eigenvalue weighted by Gasteiger charge is -2.20. The molecule has 3 aromatic rings. The molecule has 3 rings (SSSR count). The summed E-state index contributed by atoms with van der Waals surface area (Å²) in [6.07, 6.45) is -0.555. The van der Waals surface area contributed by atoms with Crippen molar-refractivity contribution < 1.29 is 9.53 Å². The number of aryl methyl sites for hydroxylation is 1. The second-order valence-corrected chi connectivity index (χ2v) is 8.92. The number of rotatable bonds is 7. The molecule has 0 saturated heterocycles. The quantitative estimate of drug-likeness (QED) is 0.543. The van der Waals surface area contributed by atoms with Crippen molar-refractivity contribution in [3.8, 4) is 5.88 Å². The Bertz CT molecular complexity index is 1030. The number of anilines is 2. The second kappa shape index (κ2) is 10.2. The van der Waals surface area contributed by atoms with Gasteiger partial charge in [-0.1, -0.05) is 48.0 Å². The van der Waals surface area contributed by atoms with E-state index in [1.807, 2.05) is 77.2 Å². The Morgan fingerprint density at radius 1 is 1.00 bits per heavy atom. The van der Waals surface area contributed by atoms with E-state index < -0.39 is 11.6 Å². The minimum absolute atomic E-state index is 0.194. The first-order valence-electron chi connectivity index (χ1n) is 10.6.